The van der Waals surface area contributed by atoms with Gasteiger partial charge in [0.15, 0.2) is 0 Å². The van der Waals surface area contributed by atoms with Crippen LogP contribution in [-0.2, 0) is 10.0 Å². The summed E-state index contributed by atoms with van der Waals surface area (Å²) < 4.78 is 28.5. The molecule has 2 aromatic carbocycles. The minimum absolute atomic E-state index is 0.0529. The van der Waals surface area contributed by atoms with Gasteiger partial charge in [0, 0.05) is 36.9 Å². The minimum atomic E-state index is -3.66. The van der Waals surface area contributed by atoms with E-state index in [2.05, 4.69) is 15.6 Å². The van der Waals surface area contributed by atoms with Gasteiger partial charge in [-0.15, -0.1) is 0 Å². The zero-order valence-electron chi connectivity index (χ0n) is 18.3. The largest absolute Gasteiger partial charge is 0.338 e. The third-order valence-corrected chi connectivity index (χ3v) is 7.81. The van der Waals surface area contributed by atoms with Crippen LogP contribution in [0.25, 0.3) is 10.9 Å². The lowest BCUT2D eigenvalue weighted by molar-refractivity contribution is 0.238. The quantitative estimate of drug-likeness (QED) is 0.610. The first-order valence-electron chi connectivity index (χ1n) is 10.8. The van der Waals surface area contributed by atoms with E-state index in [4.69, 9.17) is 0 Å². The molecule has 7 nitrogen and oxygen atoms in total. The maximum absolute atomic E-state index is 13.5. The van der Waals surface area contributed by atoms with Crippen LogP contribution < -0.4 is 10.6 Å². The van der Waals surface area contributed by atoms with Gasteiger partial charge in [0.1, 0.15) is 0 Å². The highest BCUT2D eigenvalue weighted by atomic mass is 32.2. The van der Waals surface area contributed by atoms with Gasteiger partial charge in [0.2, 0.25) is 10.0 Å². The molecule has 1 aliphatic rings. The average Bonchev–Trinajstić information content (AvgIpc) is 2.80. The van der Waals surface area contributed by atoms with E-state index in [-0.39, 0.29) is 16.8 Å². The number of pyridine rings is 1. The van der Waals surface area contributed by atoms with E-state index >= 15 is 0 Å². The Bertz CT molecular complexity index is 1230. The van der Waals surface area contributed by atoms with Gasteiger partial charge >= 0.3 is 6.03 Å². The molecule has 0 radical (unpaired) electrons. The van der Waals surface area contributed by atoms with E-state index in [1.54, 1.807) is 30.5 Å². The summed E-state index contributed by atoms with van der Waals surface area (Å²) in [5.41, 5.74) is 3.49. The summed E-state index contributed by atoms with van der Waals surface area (Å²) in [6, 6.07) is 14.3. The van der Waals surface area contributed by atoms with Crippen molar-refractivity contribution >= 4 is 32.6 Å². The first-order chi connectivity index (χ1) is 15.3. The zero-order valence-corrected chi connectivity index (χ0v) is 19.2. The summed E-state index contributed by atoms with van der Waals surface area (Å²) in [4.78, 5) is 16.9. The highest BCUT2D eigenvalue weighted by Gasteiger charge is 2.31. The van der Waals surface area contributed by atoms with Gasteiger partial charge in [0.25, 0.3) is 0 Å². The SMILES string of the molecule is Cc1ccc(NC(=O)NCC2CCCN(S(=O)(=O)c3ccc(C)c4ncccc34)C2)cc1. The van der Waals surface area contributed by atoms with E-state index in [1.165, 1.54) is 4.31 Å². The summed E-state index contributed by atoms with van der Waals surface area (Å²) in [6.07, 6.45) is 3.30. The highest BCUT2D eigenvalue weighted by molar-refractivity contribution is 7.89. The van der Waals surface area contributed by atoms with Crippen molar-refractivity contribution in [2.45, 2.75) is 31.6 Å². The van der Waals surface area contributed by atoms with Crippen LogP contribution in [0, 0.1) is 19.8 Å². The zero-order chi connectivity index (χ0) is 22.7. The molecule has 1 aliphatic heterocycles. The molecule has 32 heavy (non-hydrogen) atoms. The number of fused-ring (bicyclic) bond motifs is 1. The average molecular weight is 453 g/mol. The summed E-state index contributed by atoms with van der Waals surface area (Å²) >= 11 is 0. The number of hydrogen-bond acceptors (Lipinski definition) is 4. The molecule has 3 aromatic rings. The van der Waals surface area contributed by atoms with E-state index < -0.39 is 10.0 Å². The molecule has 1 saturated heterocycles. The van der Waals surface area contributed by atoms with Crippen LogP contribution in [0.1, 0.15) is 24.0 Å². The van der Waals surface area contributed by atoms with Crippen molar-refractivity contribution < 1.29 is 13.2 Å². The Labute approximate surface area is 188 Å². The Morgan fingerprint density at radius 2 is 1.91 bits per heavy atom. The van der Waals surface area contributed by atoms with Gasteiger partial charge in [-0.25, -0.2) is 13.2 Å². The molecule has 0 spiro atoms. The molecule has 1 unspecified atom stereocenters. The second-order valence-corrected chi connectivity index (χ2v) is 10.3. The number of urea groups is 1. The van der Waals surface area contributed by atoms with Crippen molar-refractivity contribution in [2.24, 2.45) is 5.92 Å². The van der Waals surface area contributed by atoms with Gasteiger partial charge in [-0.05, 0) is 68.5 Å². The Kier molecular flexibility index (Phi) is 6.43. The van der Waals surface area contributed by atoms with Crippen molar-refractivity contribution in [1.29, 1.82) is 0 Å². The molecule has 0 bridgehead atoms. The van der Waals surface area contributed by atoms with Crippen LogP contribution in [0.4, 0.5) is 10.5 Å². The number of aromatic nitrogens is 1. The van der Waals surface area contributed by atoms with Crippen molar-refractivity contribution in [2.75, 3.05) is 25.0 Å². The van der Waals surface area contributed by atoms with Gasteiger partial charge in [-0.1, -0.05) is 23.8 Å². The monoisotopic (exact) mass is 452 g/mol. The molecule has 2 heterocycles. The Balaban J connectivity index is 1.43. The smallest absolute Gasteiger partial charge is 0.319 e. The lowest BCUT2D eigenvalue weighted by atomic mass is 10.00. The Morgan fingerprint density at radius 3 is 2.69 bits per heavy atom. The maximum Gasteiger partial charge on any atom is 0.319 e. The van der Waals surface area contributed by atoms with Crippen LogP contribution in [0.3, 0.4) is 0 Å². The van der Waals surface area contributed by atoms with Crippen LogP contribution in [0.5, 0.6) is 0 Å². The summed E-state index contributed by atoms with van der Waals surface area (Å²) in [7, 11) is -3.66. The second kappa shape index (κ2) is 9.26. The number of hydrogen-bond donors (Lipinski definition) is 2. The van der Waals surface area contributed by atoms with Crippen molar-refractivity contribution in [3.8, 4) is 0 Å². The predicted octanol–water partition coefficient (Wildman–Crippen LogP) is 4.07. The minimum Gasteiger partial charge on any atom is -0.338 e. The fourth-order valence-corrected chi connectivity index (χ4v) is 5.85. The summed E-state index contributed by atoms with van der Waals surface area (Å²) in [5, 5.41) is 6.34. The molecular formula is C24H28N4O3S. The maximum atomic E-state index is 13.5. The molecule has 2 amide bonds. The number of sulfonamides is 1. The Hall–Kier alpha value is -2.97. The lowest BCUT2D eigenvalue weighted by Crippen LogP contribution is -2.44. The summed E-state index contributed by atoms with van der Waals surface area (Å²) in [6.45, 7) is 5.19. The molecule has 8 heteroatoms. The van der Waals surface area contributed by atoms with E-state index in [9.17, 15) is 13.2 Å². The van der Waals surface area contributed by atoms with Crippen LogP contribution >= 0.6 is 0 Å². The number of piperidine rings is 1. The number of nitrogens with zero attached hydrogens (tertiary/aromatic N) is 2. The standard InChI is InChI=1S/C24H28N4O3S/c1-17-7-10-20(11-8-17)27-24(29)26-15-19-5-4-14-28(16-19)32(30,31)22-12-9-18(2)23-21(22)6-3-13-25-23/h3,6-13,19H,4-5,14-16H2,1-2H3,(H2,26,27,29). The number of benzene rings is 2. The number of carbonyl (C=O) groups excluding carboxylic acids is 1. The molecule has 0 aliphatic carbocycles. The molecule has 1 aromatic heterocycles. The lowest BCUT2D eigenvalue weighted by Gasteiger charge is -2.32. The van der Waals surface area contributed by atoms with E-state index in [1.807, 2.05) is 38.1 Å². The first-order valence-corrected chi connectivity index (χ1v) is 12.2. The van der Waals surface area contributed by atoms with Crippen LogP contribution in [0.15, 0.2) is 59.6 Å². The second-order valence-electron chi connectivity index (χ2n) is 8.35. The van der Waals surface area contributed by atoms with Crippen LogP contribution in [0.2, 0.25) is 0 Å². The number of amides is 2. The first kappa shape index (κ1) is 22.2. The molecule has 168 valence electrons. The normalized spacial score (nSPS) is 17.2. The van der Waals surface area contributed by atoms with Gasteiger partial charge in [0.05, 0.1) is 10.4 Å². The highest BCUT2D eigenvalue weighted by Crippen LogP contribution is 2.29. The number of nitrogens with one attached hydrogen (secondary N) is 2. The fourth-order valence-electron chi connectivity index (χ4n) is 4.11. The third-order valence-electron chi connectivity index (χ3n) is 5.89. The topological polar surface area (TPSA) is 91.4 Å². The third kappa shape index (κ3) is 4.76. The van der Waals surface area contributed by atoms with Crippen molar-refractivity contribution in [3.05, 3.63) is 65.9 Å². The fraction of sp³-hybridized carbons (Fsp3) is 0.333. The van der Waals surface area contributed by atoms with Crippen LogP contribution in [-0.4, -0.2) is 43.4 Å². The van der Waals surface area contributed by atoms with E-state index in [0.717, 1.165) is 29.7 Å². The van der Waals surface area contributed by atoms with Crippen molar-refractivity contribution in [3.63, 3.8) is 0 Å². The molecule has 0 saturated carbocycles. The van der Waals surface area contributed by atoms with Gasteiger partial charge in [-0.3, -0.25) is 4.98 Å². The molecule has 2 N–H and O–H groups in total. The molecular weight excluding hydrogens is 424 g/mol. The molecule has 4 rings (SSSR count). The number of rotatable bonds is 5. The summed E-state index contributed by atoms with van der Waals surface area (Å²) in [5.74, 6) is 0.0529. The Morgan fingerprint density at radius 1 is 1.12 bits per heavy atom. The number of carbonyl (C=O) groups is 1. The molecule has 1 fully saturated rings. The molecule has 1 atom stereocenters. The number of aryl methyl sites for hydroxylation is 2. The van der Waals surface area contributed by atoms with E-state index in [0.29, 0.717) is 30.5 Å². The van der Waals surface area contributed by atoms with Gasteiger partial charge < -0.3 is 10.6 Å². The number of anilines is 1. The van der Waals surface area contributed by atoms with Gasteiger partial charge in [-0.2, -0.15) is 4.31 Å². The predicted molar refractivity (Wildman–Crippen MR) is 126 cm³/mol. The van der Waals surface area contributed by atoms with Crippen molar-refractivity contribution in [1.82, 2.24) is 14.6 Å².